The summed E-state index contributed by atoms with van der Waals surface area (Å²) < 4.78 is 0. The molecule has 0 bridgehead atoms. The Morgan fingerprint density at radius 3 is 2.62 bits per heavy atom. The first kappa shape index (κ1) is 19.2. The van der Waals surface area contributed by atoms with Crippen molar-refractivity contribution in [2.24, 2.45) is 0 Å². The molecule has 1 unspecified atom stereocenters. The summed E-state index contributed by atoms with van der Waals surface area (Å²) >= 11 is 0. The summed E-state index contributed by atoms with van der Waals surface area (Å²) in [6.45, 7) is 2.25. The fourth-order valence-electron chi connectivity index (χ4n) is 4.27. The zero-order valence-electron chi connectivity index (χ0n) is 16.5. The van der Waals surface area contributed by atoms with E-state index in [1.165, 1.54) is 16.7 Å². The third kappa shape index (κ3) is 3.75. The van der Waals surface area contributed by atoms with Gasteiger partial charge in [0.2, 0.25) is 5.91 Å². The molecule has 1 heterocycles. The maximum atomic E-state index is 13.0. The van der Waals surface area contributed by atoms with Gasteiger partial charge in [0.05, 0.1) is 0 Å². The van der Waals surface area contributed by atoms with E-state index in [1.807, 2.05) is 49.4 Å². The van der Waals surface area contributed by atoms with E-state index >= 15 is 0 Å². The molecule has 0 aromatic heterocycles. The number of aryl methyl sites for hydroxylation is 2. The first-order valence-electron chi connectivity index (χ1n) is 10.0. The van der Waals surface area contributed by atoms with E-state index in [2.05, 4.69) is 16.7 Å². The van der Waals surface area contributed by atoms with E-state index in [4.69, 9.17) is 0 Å². The molecule has 1 spiro atoms. The van der Waals surface area contributed by atoms with Crippen molar-refractivity contribution in [2.45, 2.75) is 38.1 Å². The van der Waals surface area contributed by atoms with E-state index in [0.717, 1.165) is 16.9 Å². The predicted octanol–water partition coefficient (Wildman–Crippen LogP) is 2.13. The zero-order chi connectivity index (χ0) is 20.4. The summed E-state index contributed by atoms with van der Waals surface area (Å²) in [4.78, 5) is 38.9. The fraction of sp³-hybridized carbons (Fsp3) is 0.348. The van der Waals surface area contributed by atoms with E-state index in [-0.39, 0.29) is 18.4 Å². The van der Waals surface area contributed by atoms with Gasteiger partial charge < -0.3 is 10.6 Å². The molecule has 4 amide bonds. The van der Waals surface area contributed by atoms with Crippen molar-refractivity contribution in [2.75, 3.05) is 13.1 Å². The Morgan fingerprint density at radius 1 is 1.10 bits per heavy atom. The number of nitrogens with one attached hydrogen (secondary N) is 2. The maximum Gasteiger partial charge on any atom is 0.325 e. The Hall–Kier alpha value is -3.15. The number of nitrogens with zero attached hydrogens (tertiary/aromatic N) is 1. The van der Waals surface area contributed by atoms with Gasteiger partial charge in [-0.2, -0.15) is 0 Å². The lowest BCUT2D eigenvalue weighted by Gasteiger charge is -2.32. The average molecular weight is 391 g/mol. The molecule has 2 aromatic carbocycles. The number of rotatable bonds is 5. The molecule has 2 aliphatic rings. The van der Waals surface area contributed by atoms with Crippen LogP contribution in [-0.4, -0.2) is 41.4 Å². The minimum absolute atomic E-state index is 0.248. The number of hydrogen-bond acceptors (Lipinski definition) is 3. The van der Waals surface area contributed by atoms with Gasteiger partial charge >= 0.3 is 6.03 Å². The summed E-state index contributed by atoms with van der Waals surface area (Å²) in [5.74, 6) is -0.624. The first-order chi connectivity index (χ1) is 14.0. The van der Waals surface area contributed by atoms with Gasteiger partial charge in [0.25, 0.3) is 5.91 Å². The van der Waals surface area contributed by atoms with Crippen LogP contribution < -0.4 is 10.6 Å². The number of hydrogen-bond donors (Lipinski definition) is 2. The summed E-state index contributed by atoms with van der Waals surface area (Å²) in [6, 6.07) is 15.5. The van der Waals surface area contributed by atoms with Crippen LogP contribution in [0.2, 0.25) is 0 Å². The van der Waals surface area contributed by atoms with Crippen molar-refractivity contribution in [1.82, 2.24) is 15.5 Å². The molecule has 1 saturated heterocycles. The van der Waals surface area contributed by atoms with Crippen LogP contribution in [-0.2, 0) is 28.9 Å². The van der Waals surface area contributed by atoms with Crippen LogP contribution in [0.4, 0.5) is 4.79 Å². The van der Waals surface area contributed by atoms with Crippen molar-refractivity contribution in [1.29, 1.82) is 0 Å². The van der Waals surface area contributed by atoms with Gasteiger partial charge in [0.1, 0.15) is 12.1 Å². The Morgan fingerprint density at radius 2 is 1.83 bits per heavy atom. The molecule has 150 valence electrons. The highest BCUT2D eigenvalue weighted by atomic mass is 16.2. The molecule has 1 atom stereocenters. The molecule has 0 saturated carbocycles. The van der Waals surface area contributed by atoms with Gasteiger partial charge in [-0.25, -0.2) is 4.79 Å². The first-order valence-corrected chi connectivity index (χ1v) is 10.0. The van der Waals surface area contributed by atoms with Crippen LogP contribution in [0.5, 0.6) is 0 Å². The Labute approximate surface area is 170 Å². The molecule has 4 rings (SSSR count). The fourth-order valence-corrected chi connectivity index (χ4v) is 4.27. The van der Waals surface area contributed by atoms with Crippen LogP contribution in [0.15, 0.2) is 48.5 Å². The highest BCUT2D eigenvalue weighted by Crippen LogP contribution is 2.33. The zero-order valence-corrected chi connectivity index (χ0v) is 16.5. The number of urea groups is 1. The molecule has 2 N–H and O–H groups in total. The molecule has 2 aromatic rings. The van der Waals surface area contributed by atoms with Gasteiger partial charge in [-0.1, -0.05) is 48.5 Å². The number of carbonyl (C=O) groups excluding carboxylic acids is 3. The Balaban J connectivity index is 1.36. The van der Waals surface area contributed by atoms with Gasteiger partial charge in [0, 0.05) is 13.0 Å². The van der Waals surface area contributed by atoms with E-state index in [9.17, 15) is 14.4 Å². The second-order valence-electron chi connectivity index (χ2n) is 7.88. The molecular weight excluding hydrogens is 366 g/mol. The standard InChI is InChI=1S/C23H25N3O3/c1-16-6-2-3-7-17(16)11-13-24-20(27)15-26-21(28)23(25-22(26)29)12-10-18-8-4-5-9-19(18)14-23/h2-9H,10-15H2,1H3,(H,24,27)(H,25,29). The van der Waals surface area contributed by atoms with E-state index < -0.39 is 11.6 Å². The number of imide groups is 1. The molecule has 1 fully saturated rings. The van der Waals surface area contributed by atoms with Crippen molar-refractivity contribution >= 4 is 17.8 Å². The van der Waals surface area contributed by atoms with Gasteiger partial charge in [-0.3, -0.25) is 14.5 Å². The smallest absolute Gasteiger partial charge is 0.325 e. The molecule has 29 heavy (non-hydrogen) atoms. The third-order valence-corrected chi connectivity index (χ3v) is 5.96. The summed E-state index contributed by atoms with van der Waals surface area (Å²) in [6.07, 6.45) is 2.47. The van der Waals surface area contributed by atoms with Gasteiger partial charge in [-0.05, 0) is 48.4 Å². The normalized spacial score (nSPS) is 20.5. The van der Waals surface area contributed by atoms with Crippen LogP contribution in [0.25, 0.3) is 0 Å². The average Bonchev–Trinajstić information content (AvgIpc) is 2.93. The highest BCUT2D eigenvalue weighted by molar-refractivity contribution is 6.09. The Kier molecular flexibility index (Phi) is 5.09. The SMILES string of the molecule is Cc1ccccc1CCNC(=O)CN1C(=O)NC2(CCc3ccccc3C2)C1=O. The number of amides is 4. The largest absolute Gasteiger partial charge is 0.354 e. The topological polar surface area (TPSA) is 78.5 Å². The molecule has 1 aliphatic carbocycles. The van der Waals surface area contributed by atoms with E-state index in [0.29, 0.717) is 25.8 Å². The lowest BCUT2D eigenvalue weighted by molar-refractivity contribution is -0.135. The monoisotopic (exact) mass is 391 g/mol. The third-order valence-electron chi connectivity index (χ3n) is 5.96. The Bertz CT molecular complexity index is 971. The molecule has 6 heteroatoms. The summed E-state index contributed by atoms with van der Waals surface area (Å²) in [5, 5.41) is 5.68. The van der Waals surface area contributed by atoms with E-state index in [1.54, 1.807) is 0 Å². The minimum atomic E-state index is -0.924. The van der Waals surface area contributed by atoms with Crippen LogP contribution in [0.3, 0.4) is 0 Å². The molecule has 1 aliphatic heterocycles. The second-order valence-corrected chi connectivity index (χ2v) is 7.88. The quantitative estimate of drug-likeness (QED) is 0.767. The van der Waals surface area contributed by atoms with Crippen molar-refractivity contribution < 1.29 is 14.4 Å². The molecule has 6 nitrogen and oxygen atoms in total. The predicted molar refractivity (Wildman–Crippen MR) is 109 cm³/mol. The molecular formula is C23H25N3O3. The number of benzene rings is 2. The van der Waals surface area contributed by atoms with Crippen LogP contribution in [0, 0.1) is 6.92 Å². The van der Waals surface area contributed by atoms with Crippen molar-refractivity contribution in [3.8, 4) is 0 Å². The summed E-state index contributed by atoms with van der Waals surface area (Å²) in [7, 11) is 0. The van der Waals surface area contributed by atoms with Crippen LogP contribution >= 0.6 is 0 Å². The second kappa shape index (κ2) is 7.70. The van der Waals surface area contributed by atoms with Gasteiger partial charge in [-0.15, -0.1) is 0 Å². The van der Waals surface area contributed by atoms with Gasteiger partial charge in [0.15, 0.2) is 0 Å². The maximum absolute atomic E-state index is 13.0. The minimum Gasteiger partial charge on any atom is -0.354 e. The summed E-state index contributed by atoms with van der Waals surface area (Å²) in [5.41, 5.74) is 3.72. The lowest BCUT2D eigenvalue weighted by atomic mass is 9.78. The van der Waals surface area contributed by atoms with Crippen LogP contribution in [0.1, 0.15) is 28.7 Å². The van der Waals surface area contributed by atoms with Crippen molar-refractivity contribution in [3.63, 3.8) is 0 Å². The number of fused-ring (bicyclic) bond motifs is 1. The number of carbonyl (C=O) groups is 3. The van der Waals surface area contributed by atoms with Crippen molar-refractivity contribution in [3.05, 3.63) is 70.8 Å². The highest BCUT2D eigenvalue weighted by Gasteiger charge is 2.52. The molecule has 0 radical (unpaired) electrons. The lowest BCUT2D eigenvalue weighted by Crippen LogP contribution is -2.51.